The predicted octanol–water partition coefficient (Wildman–Crippen LogP) is 2.08. The first-order valence-electron chi connectivity index (χ1n) is 7.89. The molecular formula is C15H24N4. The van der Waals surface area contributed by atoms with Crippen LogP contribution in [0.15, 0.2) is 12.7 Å². The van der Waals surface area contributed by atoms with E-state index in [0.29, 0.717) is 6.04 Å². The number of nitrogens with one attached hydrogen (secondary N) is 1. The molecule has 3 saturated carbocycles. The van der Waals surface area contributed by atoms with E-state index in [2.05, 4.69) is 22.3 Å². The average Bonchev–Trinajstić information content (AvgIpc) is 3.10. The van der Waals surface area contributed by atoms with Crippen LogP contribution in [0.1, 0.15) is 39.0 Å². The van der Waals surface area contributed by atoms with Gasteiger partial charge in [0, 0.05) is 12.1 Å². The molecule has 4 rings (SSSR count). The van der Waals surface area contributed by atoms with E-state index in [9.17, 15) is 0 Å². The Bertz CT molecular complexity index is 429. The van der Waals surface area contributed by atoms with Crippen molar-refractivity contribution in [3.63, 3.8) is 0 Å². The van der Waals surface area contributed by atoms with E-state index in [1.807, 2.05) is 11.0 Å². The molecule has 0 amide bonds. The monoisotopic (exact) mass is 260 g/mol. The lowest BCUT2D eigenvalue weighted by Gasteiger charge is -2.34. The molecule has 1 aromatic rings. The molecule has 1 N–H and O–H groups in total. The second-order valence-electron chi connectivity index (χ2n) is 6.95. The molecule has 2 bridgehead atoms. The lowest BCUT2D eigenvalue weighted by molar-refractivity contribution is 0.195. The molecule has 0 saturated heterocycles. The van der Waals surface area contributed by atoms with Gasteiger partial charge in [0.05, 0.1) is 6.54 Å². The highest BCUT2D eigenvalue weighted by molar-refractivity contribution is 5.05. The topological polar surface area (TPSA) is 42.7 Å². The third-order valence-corrected chi connectivity index (χ3v) is 5.85. The molecule has 104 valence electrons. The molecular weight excluding hydrogens is 236 g/mol. The van der Waals surface area contributed by atoms with Gasteiger partial charge >= 0.3 is 0 Å². The summed E-state index contributed by atoms with van der Waals surface area (Å²) in [5.74, 6) is 4.15. The molecule has 0 aromatic carbocycles. The highest BCUT2D eigenvalue weighted by Gasteiger charge is 2.53. The van der Waals surface area contributed by atoms with Crippen LogP contribution < -0.4 is 5.32 Å². The number of rotatable bonds is 4. The van der Waals surface area contributed by atoms with Gasteiger partial charge < -0.3 is 5.32 Å². The Morgan fingerprint density at radius 1 is 1.26 bits per heavy atom. The maximum absolute atomic E-state index is 4.20. The Morgan fingerprint density at radius 2 is 2.16 bits per heavy atom. The maximum Gasteiger partial charge on any atom is 0.137 e. The fourth-order valence-corrected chi connectivity index (χ4v) is 5.29. The second kappa shape index (κ2) is 4.58. The number of nitrogens with zero attached hydrogens (tertiary/aromatic N) is 3. The molecule has 0 radical (unpaired) electrons. The summed E-state index contributed by atoms with van der Waals surface area (Å²) in [6.45, 7) is 3.21. The first-order chi connectivity index (χ1) is 9.31. The summed E-state index contributed by atoms with van der Waals surface area (Å²) in [4.78, 5) is 4.01. The van der Waals surface area contributed by atoms with Gasteiger partial charge in [-0.15, -0.1) is 0 Å². The highest BCUT2D eigenvalue weighted by Crippen LogP contribution is 2.58. The van der Waals surface area contributed by atoms with Crippen molar-refractivity contribution in [1.29, 1.82) is 0 Å². The third kappa shape index (κ3) is 2.00. The van der Waals surface area contributed by atoms with E-state index in [1.54, 1.807) is 6.33 Å². The molecule has 6 unspecified atom stereocenters. The standard InChI is InChI=1S/C15H24N4/c1-10(7-19-9-16-8-17-19)18-15-6-11-5-14(15)13-4-2-3-12(11)13/h8-15,18H,2-7H2,1H3. The first-order valence-corrected chi connectivity index (χ1v) is 7.89. The van der Waals surface area contributed by atoms with Crippen molar-refractivity contribution in [3.05, 3.63) is 12.7 Å². The van der Waals surface area contributed by atoms with E-state index in [4.69, 9.17) is 0 Å². The Kier molecular flexibility index (Phi) is 2.87. The fraction of sp³-hybridized carbons (Fsp3) is 0.867. The molecule has 19 heavy (non-hydrogen) atoms. The summed E-state index contributed by atoms with van der Waals surface area (Å²) < 4.78 is 1.93. The maximum atomic E-state index is 4.20. The second-order valence-corrected chi connectivity index (χ2v) is 6.95. The largest absolute Gasteiger partial charge is 0.309 e. The van der Waals surface area contributed by atoms with E-state index in [-0.39, 0.29) is 0 Å². The van der Waals surface area contributed by atoms with Crippen LogP contribution in [-0.2, 0) is 6.54 Å². The van der Waals surface area contributed by atoms with E-state index in [0.717, 1.165) is 36.3 Å². The molecule has 6 atom stereocenters. The van der Waals surface area contributed by atoms with Gasteiger partial charge in [0.2, 0.25) is 0 Å². The zero-order valence-corrected chi connectivity index (χ0v) is 11.7. The summed E-state index contributed by atoms with van der Waals surface area (Å²) in [5, 5.41) is 8.07. The molecule has 1 aromatic heterocycles. The van der Waals surface area contributed by atoms with Crippen molar-refractivity contribution in [1.82, 2.24) is 20.1 Å². The third-order valence-electron chi connectivity index (χ3n) is 5.85. The molecule has 3 aliphatic rings. The molecule has 0 spiro atoms. The highest BCUT2D eigenvalue weighted by atomic mass is 15.3. The van der Waals surface area contributed by atoms with Crippen LogP contribution in [0.2, 0.25) is 0 Å². The van der Waals surface area contributed by atoms with Crippen LogP contribution in [-0.4, -0.2) is 26.8 Å². The minimum Gasteiger partial charge on any atom is -0.309 e. The fourth-order valence-electron chi connectivity index (χ4n) is 5.29. The van der Waals surface area contributed by atoms with Gasteiger partial charge in [0.15, 0.2) is 0 Å². The zero-order chi connectivity index (χ0) is 12.8. The summed E-state index contributed by atoms with van der Waals surface area (Å²) in [6, 6.07) is 1.26. The van der Waals surface area contributed by atoms with Gasteiger partial charge in [-0.2, -0.15) is 5.10 Å². The average molecular weight is 260 g/mol. The first kappa shape index (κ1) is 11.9. The summed E-state index contributed by atoms with van der Waals surface area (Å²) in [7, 11) is 0. The van der Waals surface area contributed by atoms with Gasteiger partial charge in [0.25, 0.3) is 0 Å². The van der Waals surface area contributed by atoms with Crippen molar-refractivity contribution < 1.29 is 0 Å². The quantitative estimate of drug-likeness (QED) is 0.901. The zero-order valence-electron chi connectivity index (χ0n) is 11.7. The van der Waals surface area contributed by atoms with Crippen molar-refractivity contribution in [2.24, 2.45) is 23.7 Å². The number of hydrogen-bond acceptors (Lipinski definition) is 3. The van der Waals surface area contributed by atoms with E-state index < -0.39 is 0 Å². The molecule has 3 fully saturated rings. The van der Waals surface area contributed by atoms with E-state index in [1.165, 1.54) is 32.1 Å². The summed E-state index contributed by atoms with van der Waals surface area (Å²) in [5.41, 5.74) is 0. The predicted molar refractivity (Wildman–Crippen MR) is 73.5 cm³/mol. The Labute approximate surface area is 115 Å². The van der Waals surface area contributed by atoms with Crippen molar-refractivity contribution >= 4 is 0 Å². The molecule has 1 heterocycles. The summed E-state index contributed by atoms with van der Waals surface area (Å²) >= 11 is 0. The lowest BCUT2D eigenvalue weighted by Crippen LogP contribution is -2.45. The molecule has 0 aliphatic heterocycles. The van der Waals surface area contributed by atoms with Crippen molar-refractivity contribution in [2.75, 3.05) is 0 Å². The van der Waals surface area contributed by atoms with Crippen LogP contribution in [0.4, 0.5) is 0 Å². The van der Waals surface area contributed by atoms with E-state index >= 15 is 0 Å². The van der Waals surface area contributed by atoms with Crippen LogP contribution >= 0.6 is 0 Å². The van der Waals surface area contributed by atoms with Crippen molar-refractivity contribution in [3.8, 4) is 0 Å². The van der Waals surface area contributed by atoms with Crippen LogP contribution in [0.5, 0.6) is 0 Å². The van der Waals surface area contributed by atoms with Gasteiger partial charge in [-0.05, 0) is 56.3 Å². The smallest absolute Gasteiger partial charge is 0.137 e. The Hall–Kier alpha value is -0.900. The number of hydrogen-bond donors (Lipinski definition) is 1. The Balaban J connectivity index is 1.37. The SMILES string of the molecule is CC(Cn1cncn1)NC1CC2CC1C1CCCC21. The van der Waals surface area contributed by atoms with Gasteiger partial charge in [-0.3, -0.25) is 4.68 Å². The minimum absolute atomic E-state index is 0.492. The normalized spacial score (nSPS) is 41.6. The van der Waals surface area contributed by atoms with Crippen LogP contribution in [0.3, 0.4) is 0 Å². The Morgan fingerprint density at radius 3 is 3.00 bits per heavy atom. The molecule has 4 heteroatoms. The number of aromatic nitrogens is 3. The lowest BCUT2D eigenvalue weighted by atomic mass is 9.79. The van der Waals surface area contributed by atoms with Crippen molar-refractivity contribution in [2.45, 2.75) is 57.7 Å². The number of fused-ring (bicyclic) bond motifs is 5. The van der Waals surface area contributed by atoms with Gasteiger partial charge in [-0.1, -0.05) is 6.42 Å². The minimum atomic E-state index is 0.492. The van der Waals surface area contributed by atoms with Crippen LogP contribution in [0, 0.1) is 23.7 Å². The van der Waals surface area contributed by atoms with Gasteiger partial charge in [-0.25, -0.2) is 4.98 Å². The van der Waals surface area contributed by atoms with Crippen LogP contribution in [0.25, 0.3) is 0 Å². The molecule has 3 aliphatic carbocycles. The summed E-state index contributed by atoms with van der Waals surface area (Å²) in [6.07, 6.45) is 10.9. The molecule has 4 nitrogen and oxygen atoms in total. The van der Waals surface area contributed by atoms with Gasteiger partial charge in [0.1, 0.15) is 12.7 Å².